The van der Waals surface area contributed by atoms with E-state index in [0.29, 0.717) is 22.1 Å². The molecule has 1 N–H and O–H groups in total. The molecule has 0 radical (unpaired) electrons. The quantitative estimate of drug-likeness (QED) is 0.488. The molecule has 0 fully saturated rings. The first-order valence-electron chi connectivity index (χ1n) is 8.82. The van der Waals surface area contributed by atoms with E-state index in [0.717, 1.165) is 11.3 Å². The minimum Gasteiger partial charge on any atom is -0.481 e. The summed E-state index contributed by atoms with van der Waals surface area (Å²) in [7, 11) is 0. The molecule has 3 rings (SSSR count). The number of nitrogens with zero attached hydrogens (tertiary/aromatic N) is 2. The molecule has 0 heterocycles. The number of carbonyl (C=O) groups is 1. The number of anilines is 1. The molecule has 0 aliphatic heterocycles. The summed E-state index contributed by atoms with van der Waals surface area (Å²) in [6, 6.07) is 21.9. The van der Waals surface area contributed by atoms with Crippen molar-refractivity contribution in [2.45, 2.75) is 20.0 Å². The number of ether oxygens (including phenoxy) is 1. The van der Waals surface area contributed by atoms with Gasteiger partial charge in [-0.05, 0) is 74.0 Å². The fraction of sp³-hybridized carbons (Fsp3) is 0.136. The summed E-state index contributed by atoms with van der Waals surface area (Å²) in [5.41, 5.74) is 3.01. The van der Waals surface area contributed by atoms with Crippen molar-refractivity contribution in [3.05, 3.63) is 83.4 Å². The highest BCUT2D eigenvalue weighted by Gasteiger charge is 2.16. The monoisotopic (exact) mass is 393 g/mol. The number of carbonyl (C=O) groups excluding carboxylic acids is 1. The maximum atomic E-state index is 12.4. The number of nitrogens with one attached hydrogen (secondary N) is 1. The first-order valence-corrected chi connectivity index (χ1v) is 9.19. The molecule has 6 heteroatoms. The van der Waals surface area contributed by atoms with Gasteiger partial charge in [-0.3, -0.25) is 4.79 Å². The molecule has 3 aromatic rings. The van der Waals surface area contributed by atoms with Crippen LogP contribution in [-0.2, 0) is 4.79 Å². The Labute approximate surface area is 169 Å². The first-order chi connectivity index (χ1) is 13.5. The van der Waals surface area contributed by atoms with Gasteiger partial charge in [-0.25, -0.2) is 0 Å². The van der Waals surface area contributed by atoms with Crippen LogP contribution >= 0.6 is 11.6 Å². The van der Waals surface area contributed by atoms with Crippen molar-refractivity contribution in [1.29, 1.82) is 0 Å². The van der Waals surface area contributed by atoms with Crippen LogP contribution in [0.2, 0.25) is 5.02 Å². The number of benzene rings is 3. The van der Waals surface area contributed by atoms with Crippen molar-refractivity contribution >= 4 is 34.6 Å². The summed E-state index contributed by atoms with van der Waals surface area (Å²) in [5, 5.41) is 11.8. The van der Waals surface area contributed by atoms with Gasteiger partial charge in [0.05, 0.1) is 11.4 Å². The van der Waals surface area contributed by atoms with E-state index in [1.807, 2.05) is 37.3 Å². The van der Waals surface area contributed by atoms with Crippen molar-refractivity contribution < 1.29 is 9.53 Å². The van der Waals surface area contributed by atoms with Crippen LogP contribution in [0, 0.1) is 6.92 Å². The Bertz CT molecular complexity index is 973. The van der Waals surface area contributed by atoms with Gasteiger partial charge >= 0.3 is 0 Å². The molecule has 5 nitrogen and oxygen atoms in total. The molecule has 3 aromatic carbocycles. The van der Waals surface area contributed by atoms with Gasteiger partial charge in [0.2, 0.25) is 0 Å². The normalized spacial score (nSPS) is 12.0. The summed E-state index contributed by atoms with van der Waals surface area (Å²) < 4.78 is 5.74. The molecule has 142 valence electrons. The second-order valence-corrected chi connectivity index (χ2v) is 6.68. The van der Waals surface area contributed by atoms with Crippen LogP contribution in [0.25, 0.3) is 0 Å². The van der Waals surface area contributed by atoms with Crippen molar-refractivity contribution in [2.75, 3.05) is 5.32 Å². The Morgan fingerprint density at radius 1 is 0.964 bits per heavy atom. The van der Waals surface area contributed by atoms with Gasteiger partial charge in [0.1, 0.15) is 5.75 Å². The van der Waals surface area contributed by atoms with Crippen LogP contribution in [0.3, 0.4) is 0 Å². The third-order valence-corrected chi connectivity index (χ3v) is 4.22. The number of amides is 1. The molecule has 0 aliphatic rings. The molecule has 0 unspecified atom stereocenters. The summed E-state index contributed by atoms with van der Waals surface area (Å²) in [6.07, 6.45) is -0.655. The second-order valence-electron chi connectivity index (χ2n) is 6.24. The minimum absolute atomic E-state index is 0.243. The number of halogens is 1. The molecular formula is C22H20ClN3O2. The Morgan fingerprint density at radius 2 is 1.61 bits per heavy atom. The lowest BCUT2D eigenvalue weighted by Gasteiger charge is -2.16. The number of aryl methyl sites for hydroxylation is 1. The highest BCUT2D eigenvalue weighted by atomic mass is 35.5. The summed E-state index contributed by atoms with van der Waals surface area (Å²) in [4.78, 5) is 12.4. The van der Waals surface area contributed by atoms with E-state index in [1.54, 1.807) is 49.4 Å². The molecule has 0 saturated carbocycles. The third kappa shape index (κ3) is 5.41. The zero-order valence-electron chi connectivity index (χ0n) is 15.6. The van der Waals surface area contributed by atoms with Crippen molar-refractivity contribution in [1.82, 2.24) is 0 Å². The van der Waals surface area contributed by atoms with E-state index < -0.39 is 6.10 Å². The topological polar surface area (TPSA) is 63.0 Å². The van der Waals surface area contributed by atoms with E-state index in [1.165, 1.54) is 0 Å². The number of rotatable bonds is 6. The smallest absolute Gasteiger partial charge is 0.265 e. The maximum Gasteiger partial charge on any atom is 0.265 e. The molecule has 0 aromatic heterocycles. The highest BCUT2D eigenvalue weighted by molar-refractivity contribution is 6.30. The van der Waals surface area contributed by atoms with E-state index in [-0.39, 0.29) is 5.91 Å². The maximum absolute atomic E-state index is 12.4. The lowest BCUT2D eigenvalue weighted by molar-refractivity contribution is -0.122. The predicted octanol–water partition coefficient (Wildman–Crippen LogP) is 6.47. The molecule has 0 aliphatic carbocycles. The Hall–Kier alpha value is -3.18. The van der Waals surface area contributed by atoms with E-state index in [2.05, 4.69) is 15.5 Å². The minimum atomic E-state index is -0.655. The van der Waals surface area contributed by atoms with Crippen molar-refractivity contribution in [3.8, 4) is 5.75 Å². The predicted molar refractivity (Wildman–Crippen MR) is 112 cm³/mol. The van der Waals surface area contributed by atoms with Crippen LogP contribution in [0.1, 0.15) is 12.5 Å². The first kappa shape index (κ1) is 19.6. The molecule has 0 bridgehead atoms. The lowest BCUT2D eigenvalue weighted by atomic mass is 10.2. The van der Waals surface area contributed by atoms with Gasteiger partial charge in [0.25, 0.3) is 5.91 Å². The number of azo groups is 1. The van der Waals surface area contributed by atoms with Gasteiger partial charge in [-0.2, -0.15) is 10.2 Å². The van der Waals surface area contributed by atoms with E-state index >= 15 is 0 Å². The zero-order chi connectivity index (χ0) is 19.9. The fourth-order valence-electron chi connectivity index (χ4n) is 2.45. The third-order valence-electron chi connectivity index (χ3n) is 3.98. The molecule has 28 heavy (non-hydrogen) atoms. The highest BCUT2D eigenvalue weighted by Crippen LogP contribution is 2.24. The van der Waals surface area contributed by atoms with Crippen LogP contribution in [0.15, 0.2) is 83.0 Å². The van der Waals surface area contributed by atoms with Gasteiger partial charge in [-0.15, -0.1) is 0 Å². The van der Waals surface area contributed by atoms with Gasteiger partial charge in [-0.1, -0.05) is 29.8 Å². The average Bonchev–Trinajstić information content (AvgIpc) is 2.70. The summed E-state index contributed by atoms with van der Waals surface area (Å²) in [6.45, 7) is 3.58. The summed E-state index contributed by atoms with van der Waals surface area (Å²) in [5.74, 6) is 0.386. The van der Waals surface area contributed by atoms with E-state index in [4.69, 9.17) is 16.3 Å². The number of hydrogen-bond donors (Lipinski definition) is 1. The largest absolute Gasteiger partial charge is 0.481 e. The Kier molecular flexibility index (Phi) is 6.40. The molecule has 1 atom stereocenters. The molecule has 1 amide bonds. The zero-order valence-corrected chi connectivity index (χ0v) is 16.4. The standard InChI is InChI=1S/C22H20ClN3O2/c1-15-14-17(23)8-13-21(15)28-16(2)22(27)24-18-9-11-20(12-10-18)26-25-19-6-4-3-5-7-19/h3-14,16H,1-2H3,(H,24,27)/t16-/m0/s1. The Balaban J connectivity index is 1.58. The summed E-state index contributed by atoms with van der Waals surface area (Å²) >= 11 is 5.94. The SMILES string of the molecule is Cc1cc(Cl)ccc1O[C@@H](C)C(=O)Nc1ccc(N=Nc2ccccc2)cc1. The number of hydrogen-bond acceptors (Lipinski definition) is 4. The molecule has 0 spiro atoms. The van der Waals surface area contributed by atoms with Crippen LogP contribution < -0.4 is 10.1 Å². The van der Waals surface area contributed by atoms with Crippen LogP contribution in [0.5, 0.6) is 5.75 Å². The Morgan fingerprint density at radius 3 is 2.25 bits per heavy atom. The van der Waals surface area contributed by atoms with Crippen LogP contribution in [0.4, 0.5) is 17.1 Å². The van der Waals surface area contributed by atoms with Crippen molar-refractivity contribution in [2.24, 2.45) is 10.2 Å². The van der Waals surface area contributed by atoms with Gasteiger partial charge < -0.3 is 10.1 Å². The van der Waals surface area contributed by atoms with Crippen LogP contribution in [-0.4, -0.2) is 12.0 Å². The van der Waals surface area contributed by atoms with Gasteiger partial charge in [0, 0.05) is 10.7 Å². The fourth-order valence-corrected chi connectivity index (χ4v) is 2.68. The molecule has 0 saturated heterocycles. The average molecular weight is 394 g/mol. The van der Waals surface area contributed by atoms with E-state index in [9.17, 15) is 4.79 Å². The van der Waals surface area contributed by atoms with Crippen molar-refractivity contribution in [3.63, 3.8) is 0 Å². The lowest BCUT2D eigenvalue weighted by Crippen LogP contribution is -2.30. The second kappa shape index (κ2) is 9.15. The molecular weight excluding hydrogens is 374 g/mol. The van der Waals surface area contributed by atoms with Gasteiger partial charge in [0.15, 0.2) is 6.10 Å².